The number of nitriles is 1. The zero-order valence-corrected chi connectivity index (χ0v) is 11.6. The minimum atomic E-state index is 0.124. The van der Waals surface area contributed by atoms with E-state index < -0.39 is 0 Å². The maximum atomic E-state index is 8.69. The molecule has 0 atom stereocenters. The second-order valence-corrected chi connectivity index (χ2v) is 4.32. The van der Waals surface area contributed by atoms with Crippen LogP contribution in [0.2, 0.25) is 0 Å². The van der Waals surface area contributed by atoms with Crippen LogP contribution >= 0.6 is 0 Å². The Hall–Kier alpha value is -2.10. The first kappa shape index (κ1) is 15.0. The fourth-order valence-corrected chi connectivity index (χ4v) is 1.51. The maximum Gasteiger partial charge on any atom is 0.323 e. The van der Waals surface area contributed by atoms with Gasteiger partial charge >= 0.3 is 6.01 Å². The SMILES string of the molecule is CCCOc1nc(N)nc(N(CCC#N)C(C)C)n1. The van der Waals surface area contributed by atoms with Crippen LogP contribution in [0.25, 0.3) is 0 Å². The van der Waals surface area contributed by atoms with Gasteiger partial charge in [-0.3, -0.25) is 0 Å². The highest BCUT2D eigenvalue weighted by Gasteiger charge is 2.16. The van der Waals surface area contributed by atoms with Gasteiger partial charge in [-0.15, -0.1) is 0 Å². The Morgan fingerprint density at radius 1 is 1.37 bits per heavy atom. The fraction of sp³-hybridized carbons (Fsp3) is 0.667. The number of nitrogen functional groups attached to an aromatic ring is 1. The Bertz CT molecular complexity index is 442. The lowest BCUT2D eigenvalue weighted by atomic mass is 10.3. The standard InChI is InChI=1S/C12H20N6O/c1-4-8-19-12-16-10(14)15-11(17-12)18(9(2)3)7-5-6-13/h9H,4-5,7-8H2,1-3H3,(H2,14,15,16,17). The van der Waals surface area contributed by atoms with Gasteiger partial charge in [0.15, 0.2) is 0 Å². The minimum absolute atomic E-state index is 0.124. The third-order valence-electron chi connectivity index (χ3n) is 2.40. The quantitative estimate of drug-likeness (QED) is 0.793. The molecule has 0 aromatic carbocycles. The highest BCUT2D eigenvalue weighted by molar-refractivity contribution is 5.37. The number of ether oxygens (including phenoxy) is 1. The average molecular weight is 264 g/mol. The maximum absolute atomic E-state index is 8.69. The molecule has 1 rings (SSSR count). The first-order valence-electron chi connectivity index (χ1n) is 6.36. The smallest absolute Gasteiger partial charge is 0.323 e. The summed E-state index contributed by atoms with van der Waals surface area (Å²) < 4.78 is 5.38. The molecule has 0 radical (unpaired) electrons. The van der Waals surface area contributed by atoms with Gasteiger partial charge in [-0.1, -0.05) is 6.92 Å². The van der Waals surface area contributed by atoms with E-state index in [2.05, 4.69) is 21.0 Å². The highest BCUT2D eigenvalue weighted by atomic mass is 16.5. The third kappa shape index (κ3) is 4.58. The summed E-state index contributed by atoms with van der Waals surface area (Å²) in [7, 11) is 0. The first-order valence-corrected chi connectivity index (χ1v) is 6.36. The van der Waals surface area contributed by atoms with Crippen molar-refractivity contribution >= 4 is 11.9 Å². The molecule has 2 N–H and O–H groups in total. The second-order valence-electron chi connectivity index (χ2n) is 4.32. The van der Waals surface area contributed by atoms with E-state index in [-0.39, 0.29) is 18.0 Å². The molecule has 7 heteroatoms. The van der Waals surface area contributed by atoms with E-state index in [1.807, 2.05) is 25.7 Å². The third-order valence-corrected chi connectivity index (χ3v) is 2.40. The van der Waals surface area contributed by atoms with Crippen molar-refractivity contribution in [1.29, 1.82) is 5.26 Å². The molecule has 0 amide bonds. The van der Waals surface area contributed by atoms with Gasteiger partial charge in [0.05, 0.1) is 19.1 Å². The van der Waals surface area contributed by atoms with Crippen molar-refractivity contribution < 1.29 is 4.74 Å². The molecule has 1 heterocycles. The summed E-state index contributed by atoms with van der Waals surface area (Å²) in [4.78, 5) is 14.2. The van der Waals surface area contributed by atoms with Crippen molar-refractivity contribution in [2.75, 3.05) is 23.8 Å². The van der Waals surface area contributed by atoms with E-state index >= 15 is 0 Å². The molecule has 0 bridgehead atoms. The van der Waals surface area contributed by atoms with Crippen molar-refractivity contribution in [3.8, 4) is 12.1 Å². The predicted octanol–water partition coefficient (Wildman–Crippen LogP) is 1.37. The Morgan fingerprint density at radius 2 is 2.11 bits per heavy atom. The normalized spacial score (nSPS) is 10.3. The van der Waals surface area contributed by atoms with Crippen molar-refractivity contribution in [1.82, 2.24) is 15.0 Å². The van der Waals surface area contributed by atoms with Crippen LogP contribution in [0.4, 0.5) is 11.9 Å². The van der Waals surface area contributed by atoms with Gasteiger partial charge in [-0.05, 0) is 20.3 Å². The summed E-state index contributed by atoms with van der Waals surface area (Å²) in [6.45, 7) is 7.08. The zero-order chi connectivity index (χ0) is 14.3. The van der Waals surface area contributed by atoms with E-state index in [4.69, 9.17) is 15.7 Å². The van der Waals surface area contributed by atoms with Gasteiger partial charge in [0.25, 0.3) is 0 Å². The molecule has 7 nitrogen and oxygen atoms in total. The Labute approximate surface area is 113 Å². The molecule has 0 aliphatic carbocycles. The van der Waals surface area contributed by atoms with E-state index in [0.717, 1.165) is 6.42 Å². The molecule has 0 fully saturated rings. The van der Waals surface area contributed by atoms with E-state index in [1.54, 1.807) is 0 Å². The van der Waals surface area contributed by atoms with Gasteiger partial charge in [-0.2, -0.15) is 20.2 Å². The Balaban J connectivity index is 2.95. The van der Waals surface area contributed by atoms with Crippen molar-refractivity contribution in [2.24, 2.45) is 0 Å². The molecule has 0 aliphatic heterocycles. The molecule has 0 saturated heterocycles. The number of nitrogens with zero attached hydrogens (tertiary/aromatic N) is 5. The van der Waals surface area contributed by atoms with Crippen molar-refractivity contribution in [3.63, 3.8) is 0 Å². The minimum Gasteiger partial charge on any atom is -0.463 e. The number of rotatable bonds is 7. The van der Waals surface area contributed by atoms with Gasteiger partial charge in [-0.25, -0.2) is 0 Å². The van der Waals surface area contributed by atoms with Crippen LogP contribution in [-0.2, 0) is 0 Å². The lowest BCUT2D eigenvalue weighted by Gasteiger charge is -2.25. The molecule has 0 spiro atoms. The monoisotopic (exact) mass is 264 g/mol. The largest absolute Gasteiger partial charge is 0.463 e. The fourth-order valence-electron chi connectivity index (χ4n) is 1.51. The lowest BCUT2D eigenvalue weighted by molar-refractivity contribution is 0.291. The zero-order valence-electron chi connectivity index (χ0n) is 11.6. The van der Waals surface area contributed by atoms with Crippen molar-refractivity contribution in [3.05, 3.63) is 0 Å². The van der Waals surface area contributed by atoms with Crippen LogP contribution in [0, 0.1) is 11.3 Å². The number of aromatic nitrogens is 3. The number of hydrogen-bond acceptors (Lipinski definition) is 7. The number of hydrogen-bond donors (Lipinski definition) is 1. The van der Waals surface area contributed by atoms with Gasteiger partial charge < -0.3 is 15.4 Å². The van der Waals surface area contributed by atoms with E-state index in [1.165, 1.54) is 0 Å². The van der Waals surface area contributed by atoms with E-state index in [9.17, 15) is 0 Å². The van der Waals surface area contributed by atoms with Crippen LogP contribution < -0.4 is 15.4 Å². The van der Waals surface area contributed by atoms with Crippen molar-refractivity contribution in [2.45, 2.75) is 39.7 Å². The van der Waals surface area contributed by atoms with Crippen LogP contribution in [0.5, 0.6) is 6.01 Å². The Morgan fingerprint density at radius 3 is 2.68 bits per heavy atom. The lowest BCUT2D eigenvalue weighted by Crippen LogP contribution is -2.33. The molecule has 104 valence electrons. The van der Waals surface area contributed by atoms with Gasteiger partial charge in [0.2, 0.25) is 11.9 Å². The van der Waals surface area contributed by atoms with Gasteiger partial charge in [0, 0.05) is 12.6 Å². The van der Waals surface area contributed by atoms with E-state index in [0.29, 0.717) is 25.5 Å². The summed E-state index contributed by atoms with van der Waals surface area (Å²) >= 11 is 0. The molecule has 1 aromatic heterocycles. The van der Waals surface area contributed by atoms with Crippen LogP contribution in [-0.4, -0.2) is 34.1 Å². The van der Waals surface area contributed by atoms with Crippen LogP contribution in [0.15, 0.2) is 0 Å². The molecule has 0 aliphatic rings. The molecule has 19 heavy (non-hydrogen) atoms. The predicted molar refractivity (Wildman–Crippen MR) is 72.7 cm³/mol. The summed E-state index contributed by atoms with van der Waals surface area (Å²) in [5.41, 5.74) is 5.66. The molecular formula is C12H20N6O. The first-order chi connectivity index (χ1) is 9.08. The average Bonchev–Trinajstić information content (AvgIpc) is 2.36. The Kier molecular flexibility index (Phi) is 5.79. The molecule has 0 saturated carbocycles. The summed E-state index contributed by atoms with van der Waals surface area (Å²) in [6, 6.07) is 2.50. The molecule has 1 aromatic rings. The summed E-state index contributed by atoms with van der Waals surface area (Å²) in [5.74, 6) is 0.572. The van der Waals surface area contributed by atoms with Crippen LogP contribution in [0.3, 0.4) is 0 Å². The molecule has 0 unspecified atom stereocenters. The number of nitrogens with two attached hydrogens (primary N) is 1. The molecular weight excluding hydrogens is 244 g/mol. The highest BCUT2D eigenvalue weighted by Crippen LogP contribution is 2.16. The second kappa shape index (κ2) is 7.36. The summed E-state index contributed by atoms with van der Waals surface area (Å²) in [6.07, 6.45) is 1.26. The topological polar surface area (TPSA) is 101 Å². The number of anilines is 2. The van der Waals surface area contributed by atoms with Crippen LogP contribution in [0.1, 0.15) is 33.6 Å². The van der Waals surface area contributed by atoms with Gasteiger partial charge in [0.1, 0.15) is 0 Å². The summed E-state index contributed by atoms with van der Waals surface area (Å²) in [5, 5.41) is 8.69.